The minimum absolute atomic E-state index is 0.217. The number of nitrogens with zero attached hydrogens (tertiary/aromatic N) is 3. The van der Waals surface area contributed by atoms with Crippen molar-refractivity contribution in [2.45, 2.75) is 19.1 Å². The van der Waals surface area contributed by atoms with Crippen molar-refractivity contribution in [3.8, 4) is 5.75 Å². The zero-order chi connectivity index (χ0) is 16.2. The summed E-state index contributed by atoms with van der Waals surface area (Å²) in [6, 6.07) is 8.69. The molecule has 22 heavy (non-hydrogen) atoms. The van der Waals surface area contributed by atoms with Gasteiger partial charge in [-0.2, -0.15) is 28.1 Å². The third kappa shape index (κ3) is 4.73. The van der Waals surface area contributed by atoms with Gasteiger partial charge in [0.1, 0.15) is 12.4 Å². The van der Waals surface area contributed by atoms with Gasteiger partial charge in [0.25, 0.3) is 0 Å². The van der Waals surface area contributed by atoms with Gasteiger partial charge in [0, 0.05) is 0 Å². The van der Waals surface area contributed by atoms with Crippen LogP contribution in [0.5, 0.6) is 5.75 Å². The highest BCUT2D eigenvalue weighted by atomic mass is 35.5. The molecule has 0 aliphatic heterocycles. The highest BCUT2D eigenvalue weighted by Crippen LogP contribution is 2.27. The van der Waals surface area contributed by atoms with E-state index in [0.29, 0.717) is 5.75 Å². The van der Waals surface area contributed by atoms with Crippen LogP contribution in [0, 0.1) is 0 Å². The Bertz CT molecular complexity index is 624. The lowest BCUT2D eigenvalue weighted by Crippen LogP contribution is -2.25. The molecule has 0 fully saturated rings. The summed E-state index contributed by atoms with van der Waals surface area (Å²) in [5, 5.41) is 2.17. The Morgan fingerprint density at radius 1 is 1.18 bits per heavy atom. The Balaban J connectivity index is 1.99. The molecule has 1 unspecified atom stereocenters. The molecule has 0 bridgehead atoms. The third-order valence-electron chi connectivity index (χ3n) is 2.48. The van der Waals surface area contributed by atoms with Gasteiger partial charge >= 0.3 is 6.18 Å². The monoisotopic (exact) mass is 332 g/mol. The molecule has 0 saturated carbocycles. The molecule has 0 aliphatic carbocycles. The van der Waals surface area contributed by atoms with Gasteiger partial charge in [0.2, 0.25) is 17.1 Å². The fourth-order valence-corrected chi connectivity index (χ4v) is 1.70. The van der Waals surface area contributed by atoms with Gasteiger partial charge in [-0.25, -0.2) is 0 Å². The molecule has 0 aliphatic rings. The lowest BCUT2D eigenvalue weighted by Gasteiger charge is -2.15. The number of nitrogens with one attached hydrogen (secondary N) is 1. The predicted molar refractivity (Wildman–Crippen MR) is 74.9 cm³/mol. The van der Waals surface area contributed by atoms with Crippen LogP contribution < -0.4 is 10.1 Å². The van der Waals surface area contributed by atoms with Gasteiger partial charge in [0.15, 0.2) is 0 Å². The summed E-state index contributed by atoms with van der Waals surface area (Å²) in [5.41, 5.74) is 0. The summed E-state index contributed by atoms with van der Waals surface area (Å²) >= 11 is 5.48. The lowest BCUT2D eigenvalue weighted by atomic mass is 10.3. The average molecular weight is 333 g/mol. The number of para-hydroxylation sites is 1. The summed E-state index contributed by atoms with van der Waals surface area (Å²) in [6.07, 6.45) is -4.69. The van der Waals surface area contributed by atoms with Crippen molar-refractivity contribution in [1.29, 1.82) is 0 Å². The number of hydrogen-bond acceptors (Lipinski definition) is 5. The van der Waals surface area contributed by atoms with Crippen LogP contribution >= 0.6 is 11.6 Å². The summed E-state index contributed by atoms with van der Waals surface area (Å²) in [4.78, 5) is 9.97. The second-order valence-electron chi connectivity index (χ2n) is 4.42. The Morgan fingerprint density at radius 3 is 2.50 bits per heavy atom. The Kier molecular flexibility index (Phi) is 5.02. The number of halogens is 4. The van der Waals surface area contributed by atoms with E-state index < -0.39 is 17.3 Å². The van der Waals surface area contributed by atoms with Crippen molar-refractivity contribution in [3.05, 3.63) is 41.4 Å². The summed E-state index contributed by atoms with van der Waals surface area (Å²) in [7, 11) is 0. The molecule has 1 aromatic heterocycles. The molecule has 118 valence electrons. The summed E-state index contributed by atoms with van der Waals surface area (Å²) < 4.78 is 43.3. The quantitative estimate of drug-likeness (QED) is 0.909. The maximum atomic E-state index is 12.6. The lowest BCUT2D eigenvalue weighted by molar-refractivity contribution is -0.145. The molecule has 0 saturated heterocycles. The highest BCUT2D eigenvalue weighted by Gasteiger charge is 2.35. The predicted octanol–water partition coefficient (Wildman–Crippen LogP) is 3.42. The average Bonchev–Trinajstić information content (AvgIpc) is 2.45. The van der Waals surface area contributed by atoms with Crippen molar-refractivity contribution in [2.24, 2.45) is 0 Å². The van der Waals surface area contributed by atoms with Crippen LogP contribution in [-0.4, -0.2) is 27.6 Å². The molecule has 0 spiro atoms. The van der Waals surface area contributed by atoms with E-state index in [1.54, 1.807) is 19.1 Å². The van der Waals surface area contributed by atoms with Crippen molar-refractivity contribution in [1.82, 2.24) is 15.0 Å². The van der Waals surface area contributed by atoms with Crippen LogP contribution in [0.2, 0.25) is 5.28 Å². The van der Waals surface area contributed by atoms with Gasteiger partial charge in [-0.05, 0) is 30.7 Å². The normalized spacial score (nSPS) is 12.8. The van der Waals surface area contributed by atoms with E-state index in [4.69, 9.17) is 16.3 Å². The van der Waals surface area contributed by atoms with Crippen LogP contribution in [0.25, 0.3) is 0 Å². The number of benzene rings is 1. The molecule has 1 heterocycles. The molecular formula is C13H12ClF3N4O. The minimum Gasteiger partial charge on any atom is -0.491 e. The van der Waals surface area contributed by atoms with Crippen molar-refractivity contribution < 1.29 is 17.9 Å². The van der Waals surface area contributed by atoms with Crippen LogP contribution in [0.15, 0.2) is 30.3 Å². The first-order valence-electron chi connectivity index (χ1n) is 6.28. The Labute approximate surface area is 129 Å². The minimum atomic E-state index is -4.69. The number of ether oxygens (including phenoxy) is 1. The first kappa shape index (κ1) is 16.3. The molecule has 1 N–H and O–H groups in total. The second kappa shape index (κ2) is 6.78. The van der Waals surface area contributed by atoms with E-state index >= 15 is 0 Å². The van der Waals surface area contributed by atoms with E-state index in [0.717, 1.165) is 0 Å². The van der Waals surface area contributed by atoms with E-state index in [1.165, 1.54) is 0 Å². The molecule has 1 aromatic carbocycles. The van der Waals surface area contributed by atoms with Crippen LogP contribution in [0.3, 0.4) is 0 Å². The molecular weight excluding hydrogens is 321 g/mol. The maximum absolute atomic E-state index is 12.6. The first-order valence-corrected chi connectivity index (χ1v) is 6.65. The molecule has 9 heteroatoms. The zero-order valence-electron chi connectivity index (χ0n) is 11.4. The second-order valence-corrected chi connectivity index (χ2v) is 4.76. The molecule has 2 rings (SSSR count). The van der Waals surface area contributed by atoms with Gasteiger partial charge in [-0.3, -0.25) is 0 Å². The molecule has 0 amide bonds. The SMILES string of the molecule is CC(COc1ccccc1)Nc1nc(Cl)nc(C(F)(F)F)n1. The van der Waals surface area contributed by atoms with E-state index in [2.05, 4.69) is 20.3 Å². The molecule has 0 radical (unpaired) electrons. The van der Waals surface area contributed by atoms with E-state index in [1.807, 2.05) is 18.2 Å². The summed E-state index contributed by atoms with van der Waals surface area (Å²) in [5.74, 6) is -0.941. The van der Waals surface area contributed by atoms with Gasteiger partial charge in [-0.15, -0.1) is 0 Å². The van der Waals surface area contributed by atoms with Gasteiger partial charge in [-0.1, -0.05) is 18.2 Å². The largest absolute Gasteiger partial charge is 0.491 e. The van der Waals surface area contributed by atoms with E-state index in [9.17, 15) is 13.2 Å². The number of anilines is 1. The Morgan fingerprint density at radius 2 is 1.86 bits per heavy atom. The van der Waals surface area contributed by atoms with E-state index in [-0.39, 0.29) is 18.6 Å². The molecule has 2 aromatic rings. The Hall–Kier alpha value is -2.09. The summed E-state index contributed by atoms with van der Waals surface area (Å²) in [6.45, 7) is 1.93. The van der Waals surface area contributed by atoms with Crippen LogP contribution in [0.1, 0.15) is 12.7 Å². The fraction of sp³-hybridized carbons (Fsp3) is 0.308. The maximum Gasteiger partial charge on any atom is 0.451 e. The van der Waals surface area contributed by atoms with Crippen LogP contribution in [-0.2, 0) is 6.18 Å². The number of alkyl halides is 3. The molecule has 1 atom stereocenters. The van der Waals surface area contributed by atoms with Gasteiger partial charge in [0.05, 0.1) is 6.04 Å². The number of rotatable bonds is 5. The van der Waals surface area contributed by atoms with Crippen LogP contribution in [0.4, 0.5) is 19.1 Å². The van der Waals surface area contributed by atoms with Crippen molar-refractivity contribution in [3.63, 3.8) is 0 Å². The topological polar surface area (TPSA) is 59.9 Å². The van der Waals surface area contributed by atoms with Crippen molar-refractivity contribution in [2.75, 3.05) is 11.9 Å². The standard InChI is InChI=1S/C13H12ClF3N4O/c1-8(7-22-9-5-3-2-4-6-9)18-12-20-10(13(15,16)17)19-11(14)21-12/h2-6,8H,7H2,1H3,(H,18,19,20,21). The highest BCUT2D eigenvalue weighted by molar-refractivity contribution is 6.28. The number of hydrogen-bond donors (Lipinski definition) is 1. The smallest absolute Gasteiger partial charge is 0.451 e. The fourth-order valence-electron chi connectivity index (χ4n) is 1.54. The van der Waals surface area contributed by atoms with Crippen molar-refractivity contribution >= 4 is 17.5 Å². The first-order chi connectivity index (χ1) is 10.3. The zero-order valence-corrected chi connectivity index (χ0v) is 12.2. The molecule has 5 nitrogen and oxygen atoms in total. The van der Waals surface area contributed by atoms with Gasteiger partial charge < -0.3 is 10.1 Å². The third-order valence-corrected chi connectivity index (χ3v) is 2.65. The number of aromatic nitrogens is 3.